The van der Waals surface area contributed by atoms with Crippen molar-refractivity contribution in [1.29, 1.82) is 0 Å². The Bertz CT molecular complexity index is 612. The lowest BCUT2D eigenvalue weighted by Crippen LogP contribution is -2.29. The van der Waals surface area contributed by atoms with Crippen molar-refractivity contribution in [1.82, 2.24) is 9.88 Å². The molecule has 0 aliphatic carbocycles. The Morgan fingerprint density at radius 2 is 2.26 bits per heavy atom. The van der Waals surface area contributed by atoms with Crippen molar-refractivity contribution in [3.05, 3.63) is 41.1 Å². The van der Waals surface area contributed by atoms with Gasteiger partial charge >= 0.3 is 0 Å². The van der Waals surface area contributed by atoms with Crippen LogP contribution < -0.4 is 0 Å². The van der Waals surface area contributed by atoms with Crippen LogP contribution in [0.4, 0.5) is 0 Å². The normalized spacial score (nSPS) is 16.8. The molecule has 0 fully saturated rings. The molecule has 1 aromatic heterocycles. The fourth-order valence-corrected chi connectivity index (χ4v) is 3.09. The third kappa shape index (κ3) is 2.43. The number of nitrogens with zero attached hydrogens (tertiary/aromatic N) is 1. The highest BCUT2D eigenvalue weighted by Gasteiger charge is 2.15. The predicted octanol–water partition coefficient (Wildman–Crippen LogP) is 4.32. The van der Waals surface area contributed by atoms with Crippen LogP contribution in [0.2, 0.25) is 5.02 Å². The molecule has 3 rings (SSSR count). The predicted molar refractivity (Wildman–Crippen MR) is 82.6 cm³/mol. The Balaban J connectivity index is 1.91. The quantitative estimate of drug-likeness (QED) is 0.883. The largest absolute Gasteiger partial charge is 0.359 e. The van der Waals surface area contributed by atoms with Gasteiger partial charge in [-0.3, -0.25) is 4.90 Å². The molecule has 0 saturated heterocycles. The number of hydrogen-bond acceptors (Lipinski definition) is 1. The first kappa shape index (κ1) is 12.8. The SMILES string of the molecule is CCCN1CC=C(c2c[nH]c3c(Cl)cccc23)CC1. The zero-order valence-corrected chi connectivity index (χ0v) is 12.0. The summed E-state index contributed by atoms with van der Waals surface area (Å²) in [7, 11) is 0. The van der Waals surface area contributed by atoms with E-state index in [9.17, 15) is 0 Å². The van der Waals surface area contributed by atoms with Gasteiger partial charge in [-0.1, -0.05) is 36.7 Å². The Labute approximate surface area is 119 Å². The van der Waals surface area contributed by atoms with Crippen LogP contribution in [0.1, 0.15) is 25.3 Å². The van der Waals surface area contributed by atoms with Crippen molar-refractivity contribution in [2.24, 2.45) is 0 Å². The Morgan fingerprint density at radius 3 is 3.00 bits per heavy atom. The molecular weight excluding hydrogens is 256 g/mol. The van der Waals surface area contributed by atoms with Crippen LogP contribution in [-0.4, -0.2) is 29.5 Å². The first-order valence-electron chi connectivity index (χ1n) is 6.97. The summed E-state index contributed by atoms with van der Waals surface area (Å²) in [6.07, 6.45) is 6.81. The van der Waals surface area contributed by atoms with Gasteiger partial charge in [-0.2, -0.15) is 0 Å². The standard InChI is InChI=1S/C16H19ClN2/c1-2-8-19-9-6-12(7-10-19)14-11-18-16-13(14)4-3-5-15(16)17/h3-6,11,18H,2,7-10H2,1H3. The molecule has 0 spiro atoms. The summed E-state index contributed by atoms with van der Waals surface area (Å²) >= 11 is 6.21. The summed E-state index contributed by atoms with van der Waals surface area (Å²) in [5.74, 6) is 0. The molecule has 1 aromatic carbocycles. The van der Waals surface area contributed by atoms with E-state index in [0.29, 0.717) is 0 Å². The molecule has 0 amide bonds. The molecule has 1 aliphatic rings. The van der Waals surface area contributed by atoms with Crippen LogP contribution in [0.3, 0.4) is 0 Å². The number of halogens is 1. The number of fused-ring (bicyclic) bond motifs is 1. The first-order valence-corrected chi connectivity index (χ1v) is 7.34. The van der Waals surface area contributed by atoms with E-state index in [1.807, 2.05) is 12.1 Å². The lowest BCUT2D eigenvalue weighted by molar-refractivity contribution is 0.302. The molecule has 0 radical (unpaired) electrons. The van der Waals surface area contributed by atoms with Crippen LogP contribution >= 0.6 is 11.6 Å². The molecule has 2 heterocycles. The first-order chi connectivity index (χ1) is 9.29. The van der Waals surface area contributed by atoms with Crippen LogP contribution in [0, 0.1) is 0 Å². The third-order valence-corrected chi connectivity index (χ3v) is 4.16. The van der Waals surface area contributed by atoms with Gasteiger partial charge in [0.25, 0.3) is 0 Å². The fraction of sp³-hybridized carbons (Fsp3) is 0.375. The Kier molecular flexibility index (Phi) is 3.63. The average Bonchev–Trinajstić information content (AvgIpc) is 2.85. The summed E-state index contributed by atoms with van der Waals surface area (Å²) in [6.45, 7) is 5.66. The number of aromatic nitrogens is 1. The number of rotatable bonds is 3. The maximum atomic E-state index is 6.21. The number of para-hydroxylation sites is 1. The van der Waals surface area contributed by atoms with Gasteiger partial charge < -0.3 is 4.98 Å². The average molecular weight is 275 g/mol. The van der Waals surface area contributed by atoms with Crippen molar-refractivity contribution < 1.29 is 0 Å². The summed E-state index contributed by atoms with van der Waals surface area (Å²) in [5, 5.41) is 2.04. The van der Waals surface area contributed by atoms with Gasteiger partial charge in [-0.05, 0) is 31.0 Å². The second-order valence-corrected chi connectivity index (χ2v) is 5.55. The minimum atomic E-state index is 0.799. The maximum absolute atomic E-state index is 6.21. The van der Waals surface area contributed by atoms with Crippen molar-refractivity contribution in [3.63, 3.8) is 0 Å². The molecule has 1 aliphatic heterocycles. The van der Waals surface area contributed by atoms with Crippen LogP contribution in [0.15, 0.2) is 30.5 Å². The Hall–Kier alpha value is -1.25. The number of nitrogens with one attached hydrogen (secondary N) is 1. The minimum Gasteiger partial charge on any atom is -0.359 e. The van der Waals surface area contributed by atoms with Crippen LogP contribution in [-0.2, 0) is 0 Å². The van der Waals surface area contributed by atoms with E-state index in [1.165, 1.54) is 29.5 Å². The molecule has 0 saturated carbocycles. The third-order valence-electron chi connectivity index (χ3n) is 3.84. The summed E-state index contributed by atoms with van der Waals surface area (Å²) in [4.78, 5) is 5.81. The highest BCUT2D eigenvalue weighted by atomic mass is 35.5. The lowest BCUT2D eigenvalue weighted by Gasteiger charge is -2.25. The van der Waals surface area contributed by atoms with E-state index >= 15 is 0 Å². The van der Waals surface area contributed by atoms with Crippen molar-refractivity contribution in [3.8, 4) is 0 Å². The summed E-state index contributed by atoms with van der Waals surface area (Å²) < 4.78 is 0. The van der Waals surface area contributed by atoms with Gasteiger partial charge in [0.2, 0.25) is 0 Å². The van der Waals surface area contributed by atoms with E-state index in [2.05, 4.69) is 35.1 Å². The highest BCUT2D eigenvalue weighted by molar-refractivity contribution is 6.35. The van der Waals surface area contributed by atoms with E-state index in [0.717, 1.165) is 30.0 Å². The van der Waals surface area contributed by atoms with Gasteiger partial charge in [-0.15, -0.1) is 0 Å². The second kappa shape index (κ2) is 5.40. The maximum Gasteiger partial charge on any atom is 0.0649 e. The molecule has 100 valence electrons. The zero-order chi connectivity index (χ0) is 13.2. The molecule has 2 nitrogen and oxygen atoms in total. The smallest absolute Gasteiger partial charge is 0.0649 e. The van der Waals surface area contributed by atoms with Gasteiger partial charge in [0.15, 0.2) is 0 Å². The highest BCUT2D eigenvalue weighted by Crippen LogP contribution is 2.32. The number of H-pyrrole nitrogens is 1. The summed E-state index contributed by atoms with van der Waals surface area (Å²) in [6, 6.07) is 6.10. The van der Waals surface area contributed by atoms with Gasteiger partial charge in [0.1, 0.15) is 0 Å². The summed E-state index contributed by atoms with van der Waals surface area (Å²) in [5.41, 5.74) is 3.81. The van der Waals surface area contributed by atoms with Gasteiger partial charge in [0.05, 0.1) is 10.5 Å². The molecule has 0 unspecified atom stereocenters. The van der Waals surface area contributed by atoms with Gasteiger partial charge in [-0.25, -0.2) is 0 Å². The van der Waals surface area contributed by atoms with Gasteiger partial charge in [0, 0.05) is 30.2 Å². The molecule has 2 aromatic rings. The molecule has 19 heavy (non-hydrogen) atoms. The second-order valence-electron chi connectivity index (χ2n) is 5.14. The molecular formula is C16H19ClN2. The van der Waals surface area contributed by atoms with Crippen LogP contribution in [0.25, 0.3) is 16.5 Å². The van der Waals surface area contributed by atoms with E-state index < -0.39 is 0 Å². The van der Waals surface area contributed by atoms with Crippen LogP contribution in [0.5, 0.6) is 0 Å². The lowest BCUT2D eigenvalue weighted by atomic mass is 9.99. The van der Waals surface area contributed by atoms with E-state index in [-0.39, 0.29) is 0 Å². The fourth-order valence-electron chi connectivity index (χ4n) is 2.86. The molecule has 0 atom stereocenters. The van der Waals surface area contributed by atoms with E-state index in [1.54, 1.807) is 0 Å². The van der Waals surface area contributed by atoms with Crippen molar-refractivity contribution in [2.75, 3.05) is 19.6 Å². The molecule has 3 heteroatoms. The monoisotopic (exact) mass is 274 g/mol. The molecule has 0 bridgehead atoms. The Morgan fingerprint density at radius 1 is 1.37 bits per heavy atom. The number of benzene rings is 1. The topological polar surface area (TPSA) is 19.0 Å². The number of aromatic amines is 1. The molecule has 1 N–H and O–H groups in total. The van der Waals surface area contributed by atoms with E-state index in [4.69, 9.17) is 11.6 Å². The van der Waals surface area contributed by atoms with Crippen molar-refractivity contribution >= 4 is 28.1 Å². The minimum absolute atomic E-state index is 0.799. The van der Waals surface area contributed by atoms with Crippen molar-refractivity contribution in [2.45, 2.75) is 19.8 Å². The zero-order valence-electron chi connectivity index (χ0n) is 11.2. The number of hydrogen-bond donors (Lipinski definition) is 1.